The summed E-state index contributed by atoms with van der Waals surface area (Å²) in [5.74, 6) is 2.97. The van der Waals surface area contributed by atoms with E-state index >= 15 is 0 Å². The highest BCUT2D eigenvalue weighted by Gasteiger charge is 2.68. The molecule has 0 aromatic carbocycles. The van der Waals surface area contributed by atoms with Crippen molar-refractivity contribution in [2.75, 3.05) is 0 Å². The molecule has 2 bridgehead atoms. The normalized spacial score (nSPS) is 53.0. The van der Waals surface area contributed by atoms with Gasteiger partial charge in [0.05, 0.1) is 0 Å². The lowest BCUT2D eigenvalue weighted by molar-refractivity contribution is 0.00630. The van der Waals surface area contributed by atoms with Crippen LogP contribution in [0.25, 0.3) is 0 Å². The van der Waals surface area contributed by atoms with E-state index < -0.39 is 0 Å². The lowest BCUT2D eigenvalue weighted by atomic mass is 9.46. The van der Waals surface area contributed by atoms with Crippen molar-refractivity contribution in [2.24, 2.45) is 34.0 Å². The van der Waals surface area contributed by atoms with Gasteiger partial charge in [-0.1, -0.05) is 45.8 Å². The van der Waals surface area contributed by atoms with Crippen LogP contribution < -0.4 is 0 Å². The highest BCUT2D eigenvalue weighted by Crippen LogP contribution is 2.76. The third-order valence-electron chi connectivity index (χ3n) is 8.74. The van der Waals surface area contributed by atoms with Crippen molar-refractivity contribution in [3.8, 4) is 0 Å². The van der Waals surface area contributed by atoms with E-state index in [0.29, 0.717) is 16.2 Å². The Bertz CT molecular complexity index is 482. The van der Waals surface area contributed by atoms with Crippen LogP contribution in [0, 0.1) is 34.0 Å². The Labute approximate surface area is 125 Å². The second-order valence-electron chi connectivity index (χ2n) is 9.46. The molecule has 4 aliphatic rings. The summed E-state index contributed by atoms with van der Waals surface area (Å²) in [6.07, 6.45) is 10.2. The molecule has 4 aliphatic carbocycles. The van der Waals surface area contributed by atoms with Gasteiger partial charge < -0.3 is 0 Å². The van der Waals surface area contributed by atoms with Crippen LogP contribution in [0.5, 0.6) is 0 Å². The SMILES string of the molecule is C[C@@H]1[C@H]2CC[C@@H]1[C@@]1(C)C3=C(CC[C@@]21C)C(C)(C)CCC3. The summed E-state index contributed by atoms with van der Waals surface area (Å²) in [6, 6.07) is 0. The first-order valence-electron chi connectivity index (χ1n) is 9.05. The highest BCUT2D eigenvalue weighted by atomic mass is 14.7. The number of allylic oxidation sites excluding steroid dienone is 2. The molecule has 20 heavy (non-hydrogen) atoms. The Hall–Kier alpha value is -0.260. The van der Waals surface area contributed by atoms with Crippen molar-refractivity contribution in [3.05, 3.63) is 11.1 Å². The van der Waals surface area contributed by atoms with Crippen molar-refractivity contribution in [1.29, 1.82) is 0 Å². The Morgan fingerprint density at radius 3 is 2.30 bits per heavy atom. The molecule has 0 amide bonds. The average Bonchev–Trinajstić information content (AvgIpc) is 2.82. The van der Waals surface area contributed by atoms with Crippen molar-refractivity contribution >= 4 is 0 Å². The maximum atomic E-state index is 2.68. The van der Waals surface area contributed by atoms with Gasteiger partial charge in [-0.15, -0.1) is 0 Å². The van der Waals surface area contributed by atoms with Crippen molar-refractivity contribution in [3.63, 3.8) is 0 Å². The Morgan fingerprint density at radius 2 is 1.55 bits per heavy atom. The van der Waals surface area contributed by atoms with E-state index in [1.807, 2.05) is 11.1 Å². The predicted molar refractivity (Wildman–Crippen MR) is 85.5 cm³/mol. The topological polar surface area (TPSA) is 0 Å². The van der Waals surface area contributed by atoms with Gasteiger partial charge in [0.1, 0.15) is 0 Å². The number of hydrogen-bond donors (Lipinski definition) is 0. The third kappa shape index (κ3) is 1.26. The first kappa shape index (κ1) is 13.4. The Balaban J connectivity index is 1.91. The maximum Gasteiger partial charge on any atom is -0.00260 e. The summed E-state index contributed by atoms with van der Waals surface area (Å²) in [5, 5.41) is 0. The van der Waals surface area contributed by atoms with E-state index in [1.165, 1.54) is 44.9 Å². The van der Waals surface area contributed by atoms with Gasteiger partial charge in [0.15, 0.2) is 0 Å². The molecule has 2 fully saturated rings. The molecule has 0 saturated heterocycles. The molecule has 5 atom stereocenters. The van der Waals surface area contributed by atoms with Crippen LogP contribution in [0.3, 0.4) is 0 Å². The summed E-state index contributed by atoms with van der Waals surface area (Å²) >= 11 is 0. The molecular weight excluding hydrogens is 240 g/mol. The summed E-state index contributed by atoms with van der Waals surface area (Å²) in [6.45, 7) is 13.0. The van der Waals surface area contributed by atoms with Gasteiger partial charge in [-0.2, -0.15) is 0 Å². The van der Waals surface area contributed by atoms with E-state index in [0.717, 1.165) is 17.8 Å². The van der Waals surface area contributed by atoms with Crippen LogP contribution in [-0.4, -0.2) is 0 Å². The molecule has 0 nitrogen and oxygen atoms in total. The van der Waals surface area contributed by atoms with E-state index in [9.17, 15) is 0 Å². The molecule has 0 heteroatoms. The molecule has 0 aromatic rings. The standard InChI is InChI=1S/C20H32/c1-13-14-8-9-15(13)20(5)17-7-6-11-18(2,3)16(17)10-12-19(14,20)4/h13-15H,6-12H2,1-5H3/t13-,14-,15+,19+,20+/m1/s1. The van der Waals surface area contributed by atoms with E-state index in [2.05, 4.69) is 34.6 Å². The molecule has 0 heterocycles. The largest absolute Gasteiger partial charge is 0.0648 e. The maximum absolute atomic E-state index is 2.68. The van der Waals surface area contributed by atoms with Crippen LogP contribution in [0.15, 0.2) is 11.1 Å². The zero-order valence-electron chi connectivity index (χ0n) is 14.2. The van der Waals surface area contributed by atoms with Gasteiger partial charge >= 0.3 is 0 Å². The molecule has 0 aromatic heterocycles. The smallest absolute Gasteiger partial charge is 0.00260 e. The molecule has 0 unspecified atom stereocenters. The number of fused-ring (bicyclic) bond motifs is 6. The van der Waals surface area contributed by atoms with Gasteiger partial charge in [-0.05, 0) is 78.9 Å². The molecule has 4 rings (SSSR count). The van der Waals surface area contributed by atoms with Gasteiger partial charge in [-0.25, -0.2) is 0 Å². The minimum absolute atomic E-state index is 0.489. The average molecular weight is 272 g/mol. The summed E-state index contributed by atoms with van der Waals surface area (Å²) in [5.41, 5.74) is 5.48. The first-order chi connectivity index (χ1) is 9.32. The zero-order chi connectivity index (χ0) is 14.3. The minimum atomic E-state index is 0.489. The van der Waals surface area contributed by atoms with Gasteiger partial charge in [0.25, 0.3) is 0 Å². The fourth-order valence-electron chi connectivity index (χ4n) is 7.57. The fraction of sp³-hybridized carbons (Fsp3) is 0.900. The second-order valence-corrected chi connectivity index (χ2v) is 9.46. The molecule has 2 saturated carbocycles. The van der Waals surface area contributed by atoms with Gasteiger partial charge in [-0.3, -0.25) is 0 Å². The number of rotatable bonds is 0. The molecule has 112 valence electrons. The van der Waals surface area contributed by atoms with Crippen LogP contribution in [0.2, 0.25) is 0 Å². The van der Waals surface area contributed by atoms with E-state index in [1.54, 1.807) is 0 Å². The van der Waals surface area contributed by atoms with Crippen molar-refractivity contribution in [1.82, 2.24) is 0 Å². The lowest BCUT2D eigenvalue weighted by Crippen LogP contribution is -2.48. The Morgan fingerprint density at radius 1 is 0.850 bits per heavy atom. The monoisotopic (exact) mass is 272 g/mol. The molecule has 0 N–H and O–H groups in total. The van der Waals surface area contributed by atoms with E-state index in [-0.39, 0.29) is 0 Å². The second kappa shape index (κ2) is 3.73. The molecule has 0 spiro atoms. The fourth-order valence-corrected chi connectivity index (χ4v) is 7.57. The van der Waals surface area contributed by atoms with Crippen LogP contribution in [0.4, 0.5) is 0 Å². The quantitative estimate of drug-likeness (QED) is 0.476. The Kier molecular flexibility index (Phi) is 2.50. The molecule has 0 aliphatic heterocycles. The zero-order valence-corrected chi connectivity index (χ0v) is 14.2. The first-order valence-corrected chi connectivity index (χ1v) is 9.05. The van der Waals surface area contributed by atoms with Crippen LogP contribution in [-0.2, 0) is 0 Å². The van der Waals surface area contributed by atoms with Crippen molar-refractivity contribution in [2.45, 2.75) is 79.6 Å². The van der Waals surface area contributed by atoms with Crippen LogP contribution in [0.1, 0.15) is 79.6 Å². The van der Waals surface area contributed by atoms with Gasteiger partial charge in [0, 0.05) is 0 Å². The van der Waals surface area contributed by atoms with Crippen molar-refractivity contribution < 1.29 is 0 Å². The van der Waals surface area contributed by atoms with Crippen LogP contribution >= 0.6 is 0 Å². The molecular formula is C20H32. The minimum Gasteiger partial charge on any atom is -0.0648 e. The third-order valence-corrected chi connectivity index (χ3v) is 8.74. The lowest BCUT2D eigenvalue weighted by Gasteiger charge is -2.58. The predicted octanol–water partition coefficient (Wildman–Crippen LogP) is 5.98. The summed E-state index contributed by atoms with van der Waals surface area (Å²) < 4.78 is 0. The van der Waals surface area contributed by atoms with E-state index in [4.69, 9.17) is 0 Å². The summed E-state index contributed by atoms with van der Waals surface area (Å²) in [4.78, 5) is 0. The van der Waals surface area contributed by atoms with Gasteiger partial charge in [0.2, 0.25) is 0 Å². The molecule has 0 radical (unpaired) electrons. The number of hydrogen-bond acceptors (Lipinski definition) is 0. The summed E-state index contributed by atoms with van der Waals surface area (Å²) in [7, 11) is 0. The highest BCUT2D eigenvalue weighted by molar-refractivity contribution is 5.38.